The summed E-state index contributed by atoms with van der Waals surface area (Å²) in [6.45, 7) is 13.7. The first kappa shape index (κ1) is 77.8. The largest absolute Gasteiger partial charge is 0.481 e. The lowest BCUT2D eigenvalue weighted by molar-refractivity contribution is -0.480. The van der Waals surface area contributed by atoms with Crippen molar-refractivity contribution < 1.29 is 86.5 Å². The SMILES string of the molecule is C#CCCC(=O)O.C#CCCC(=O)OC.CCN(CC)CC.COC(=O)CCC#[N+]O.COC(=O)CCC[N+](=O)[O-].COC(=O)CCc1cc(CCC(=O)OC)on1.COC(C)(C)OC.O=C=Nc1ccccc1. The molecule has 2 N–H and O–H groups in total. The fourth-order valence-corrected chi connectivity index (χ4v) is 3.78. The van der Waals surface area contributed by atoms with Gasteiger partial charge in [-0.3, -0.25) is 38.9 Å². The van der Waals surface area contributed by atoms with Gasteiger partial charge in [-0.25, -0.2) is 4.79 Å². The van der Waals surface area contributed by atoms with Gasteiger partial charge in [0.1, 0.15) is 5.76 Å². The zero-order valence-corrected chi connectivity index (χ0v) is 45.0. The molecular weight excluding hydrogens is 975 g/mol. The quantitative estimate of drug-likeness (QED) is 0.0178. The van der Waals surface area contributed by atoms with Gasteiger partial charge in [0.2, 0.25) is 17.6 Å². The fraction of sp³-hybridized carbons (Fsp3) is 0.580. The summed E-state index contributed by atoms with van der Waals surface area (Å²) < 4.78 is 36.7. The summed E-state index contributed by atoms with van der Waals surface area (Å²) in [7, 11) is 9.82. The van der Waals surface area contributed by atoms with Crippen LogP contribution in [0.5, 0.6) is 0 Å². The highest BCUT2D eigenvalue weighted by Crippen LogP contribution is 2.10. The summed E-state index contributed by atoms with van der Waals surface area (Å²) in [4.78, 5) is 87.1. The molecule has 0 spiro atoms. The zero-order chi connectivity index (χ0) is 58.0. The Labute approximate surface area is 435 Å². The fourth-order valence-electron chi connectivity index (χ4n) is 3.78. The second-order valence-electron chi connectivity index (χ2n) is 13.9. The summed E-state index contributed by atoms with van der Waals surface area (Å²) in [6, 6.07) is 12.9. The van der Waals surface area contributed by atoms with Crippen LogP contribution < -0.4 is 0 Å². The number of carboxylic acids is 1. The predicted octanol–water partition coefficient (Wildman–Crippen LogP) is 6.84. The van der Waals surface area contributed by atoms with Crippen LogP contribution in [-0.2, 0) is 79.6 Å². The molecule has 1 heterocycles. The van der Waals surface area contributed by atoms with Gasteiger partial charge < -0.3 is 47.7 Å². The van der Waals surface area contributed by atoms with Gasteiger partial charge in [0.25, 0.3) is 0 Å². The van der Waals surface area contributed by atoms with Crippen molar-refractivity contribution in [2.24, 2.45) is 4.99 Å². The number of aliphatic carboxylic acids is 1. The van der Waals surface area contributed by atoms with Crippen LogP contribution in [0, 0.1) is 40.9 Å². The molecule has 0 saturated carbocycles. The molecule has 0 aliphatic heterocycles. The number of hydrogen-bond acceptors (Lipinski definition) is 21. The molecule has 0 fully saturated rings. The Morgan fingerprint density at radius 2 is 1.16 bits per heavy atom. The van der Waals surface area contributed by atoms with E-state index in [1.807, 2.05) is 32.0 Å². The number of aryl methyl sites for hydroxylation is 2. The summed E-state index contributed by atoms with van der Waals surface area (Å²) in [5.41, 5.74) is 1.32. The number of methoxy groups -OCH3 is 7. The van der Waals surface area contributed by atoms with Crippen molar-refractivity contribution in [3.05, 3.63) is 63.0 Å². The van der Waals surface area contributed by atoms with Gasteiger partial charge >= 0.3 is 41.9 Å². The maximum atomic E-state index is 10.9. The lowest BCUT2D eigenvalue weighted by atomic mass is 10.2. The average molecular weight is 1050 g/mol. The number of para-hydroxylation sites is 1. The maximum absolute atomic E-state index is 10.9. The highest BCUT2D eigenvalue weighted by Gasteiger charge is 2.12. The molecule has 74 heavy (non-hydrogen) atoms. The van der Waals surface area contributed by atoms with Gasteiger partial charge in [-0.1, -0.05) is 44.1 Å². The molecule has 2 rings (SSSR count). The van der Waals surface area contributed by atoms with Gasteiger partial charge in [-0.05, 0) is 45.6 Å². The van der Waals surface area contributed by atoms with E-state index in [0.717, 1.165) is 0 Å². The smallest absolute Gasteiger partial charge is 0.350 e. The van der Waals surface area contributed by atoms with Crippen LogP contribution in [0.3, 0.4) is 0 Å². The van der Waals surface area contributed by atoms with Crippen molar-refractivity contribution in [1.82, 2.24) is 10.1 Å². The molecule has 1 aromatic heterocycles. The van der Waals surface area contributed by atoms with Crippen LogP contribution in [-0.4, -0.2) is 149 Å². The minimum Gasteiger partial charge on any atom is -0.481 e. The molecule has 416 valence electrons. The Morgan fingerprint density at radius 3 is 1.51 bits per heavy atom. The Bertz CT molecular complexity index is 1930. The summed E-state index contributed by atoms with van der Waals surface area (Å²) in [6.07, 6.45) is 14.6. The van der Waals surface area contributed by atoms with E-state index in [1.165, 1.54) is 61.3 Å². The van der Waals surface area contributed by atoms with Crippen LogP contribution in [0.2, 0.25) is 0 Å². The number of carboxylic acid groups (broad SMARTS) is 1. The molecule has 0 radical (unpaired) electrons. The van der Waals surface area contributed by atoms with Crippen LogP contribution >= 0.6 is 0 Å². The van der Waals surface area contributed by atoms with E-state index >= 15 is 0 Å². The molecule has 2 aromatic rings. The number of benzene rings is 1. The number of nitro groups is 1. The zero-order valence-electron chi connectivity index (χ0n) is 45.0. The second-order valence-corrected chi connectivity index (χ2v) is 13.9. The third-order valence-electron chi connectivity index (χ3n) is 8.35. The lowest BCUT2D eigenvalue weighted by Gasteiger charge is -2.19. The van der Waals surface area contributed by atoms with Gasteiger partial charge in [0, 0.05) is 57.3 Å². The van der Waals surface area contributed by atoms with Gasteiger partial charge in [-0.15, -0.1) is 24.7 Å². The first-order valence-corrected chi connectivity index (χ1v) is 22.6. The molecule has 24 nitrogen and oxygen atoms in total. The predicted molar refractivity (Wildman–Crippen MR) is 272 cm³/mol. The average Bonchev–Trinajstić information content (AvgIpc) is 3.87. The number of ether oxygens (including phenoxy) is 7. The van der Waals surface area contributed by atoms with E-state index in [9.17, 15) is 43.7 Å². The van der Waals surface area contributed by atoms with Gasteiger partial charge in [0.15, 0.2) is 5.79 Å². The highest BCUT2D eigenvalue weighted by atomic mass is 16.7. The molecule has 0 amide bonds. The summed E-state index contributed by atoms with van der Waals surface area (Å²) in [5.74, 6) is 2.35. The summed E-state index contributed by atoms with van der Waals surface area (Å²) in [5, 5.41) is 31.9. The van der Waals surface area contributed by atoms with E-state index in [-0.39, 0.29) is 68.9 Å². The Morgan fingerprint density at radius 1 is 0.730 bits per heavy atom. The number of aromatic nitrogens is 1. The Hall–Kier alpha value is -7.68. The van der Waals surface area contributed by atoms with Crippen molar-refractivity contribution in [3.63, 3.8) is 0 Å². The highest BCUT2D eigenvalue weighted by molar-refractivity contribution is 5.70. The molecule has 0 aliphatic carbocycles. The number of terminal acetylenes is 2. The van der Waals surface area contributed by atoms with Gasteiger partial charge in [0.05, 0.1) is 91.9 Å². The molecular formula is C50H78N5O19+. The summed E-state index contributed by atoms with van der Waals surface area (Å²) >= 11 is 0. The van der Waals surface area contributed by atoms with Crippen molar-refractivity contribution in [3.8, 4) is 30.8 Å². The van der Waals surface area contributed by atoms with Crippen LogP contribution in [0.25, 0.3) is 5.01 Å². The Balaban J connectivity index is -0.000000183. The van der Waals surface area contributed by atoms with E-state index in [1.54, 1.807) is 32.4 Å². The number of hydrogen-bond donors (Lipinski definition) is 2. The number of rotatable bonds is 22. The lowest BCUT2D eigenvalue weighted by Crippen LogP contribution is -2.24. The second kappa shape index (κ2) is 57.9. The number of carbonyl (C=O) groups is 6. The molecule has 0 unspecified atom stereocenters. The third-order valence-corrected chi connectivity index (χ3v) is 8.35. The molecule has 0 aliphatic rings. The minimum absolute atomic E-state index is 0.0799. The molecule has 0 bridgehead atoms. The topological polar surface area (TPSA) is 314 Å². The Kier molecular flexibility index (Phi) is 60.8. The normalized spacial score (nSPS) is 8.96. The number of isocyanates is 1. The molecule has 0 saturated heterocycles. The standard InChI is InChI=1S/C11H15NO5.C7H5NO.C6H15N.C6H8O2.C5H9NO4.C5H7NO3.C5H12O2.C5H6O2/c1-15-10(13)5-3-8-7-9(17-12-8)4-6-11(14)16-2;9-6-8-7-4-2-1-3-5-7;1-4-7(5-2)6-3;1-3-4-5-6(7)8-2;1-10-5(7)3-2-4-6(8)9;1-9-5(7)3-2-4-6-8;1-5(2,6-3)7-4;1-2-3-4-5(6)7/h7H,3-6H2,1-2H3;1-5H;4-6H2,1-3H3;1H,4-5H2,2H3;2-4H2,1H3;2-3H2,1H3;1-4H3;1H,3-4H2,(H,6,7)/p+1. The van der Waals surface area contributed by atoms with Crippen molar-refractivity contribution in [2.75, 3.05) is 75.9 Å². The van der Waals surface area contributed by atoms with Crippen LogP contribution in [0.15, 0.2) is 45.9 Å². The minimum atomic E-state index is -0.835. The number of nitrogens with zero attached hydrogens (tertiary/aromatic N) is 5. The first-order chi connectivity index (χ1) is 35.1. The van der Waals surface area contributed by atoms with Crippen LogP contribution in [0.4, 0.5) is 5.69 Å². The first-order valence-electron chi connectivity index (χ1n) is 22.6. The molecule has 1 aromatic carbocycles. The van der Waals surface area contributed by atoms with E-state index < -0.39 is 22.6 Å². The number of esters is 5. The van der Waals surface area contributed by atoms with E-state index in [2.05, 4.69) is 82.4 Å². The van der Waals surface area contributed by atoms with E-state index in [0.29, 0.717) is 55.7 Å². The molecule has 24 heteroatoms. The monoisotopic (exact) mass is 1050 g/mol. The maximum Gasteiger partial charge on any atom is 0.350 e. The van der Waals surface area contributed by atoms with Crippen molar-refractivity contribution in [2.45, 2.75) is 117 Å². The van der Waals surface area contributed by atoms with E-state index in [4.69, 9.17) is 37.2 Å². The van der Waals surface area contributed by atoms with Crippen LogP contribution in [0.1, 0.15) is 110 Å². The number of aliphatic imine (C=N–C) groups is 1. The van der Waals surface area contributed by atoms with Crippen molar-refractivity contribution in [1.29, 1.82) is 0 Å². The van der Waals surface area contributed by atoms with Gasteiger partial charge in [-0.2, -0.15) is 10.2 Å². The third kappa shape index (κ3) is 64.3. The van der Waals surface area contributed by atoms with Crippen molar-refractivity contribution >= 4 is 47.6 Å². The number of carbonyl (C=O) groups excluding carboxylic acids is 6. The molecule has 0 atom stereocenters.